The van der Waals surface area contributed by atoms with Crippen LogP contribution in [0.2, 0.25) is 5.02 Å². The Hall–Kier alpha value is -2.53. The standard InChI is InChI=1S/C14H11ClN2O3/c15-11-3-1-2-9(6-11)14(20)17-16-8-10-7-12(18)4-5-13(10)19/h1-8,18-19H,(H,17,20). The van der Waals surface area contributed by atoms with Gasteiger partial charge in [0.2, 0.25) is 0 Å². The van der Waals surface area contributed by atoms with Gasteiger partial charge in [0.15, 0.2) is 0 Å². The second-order valence-corrected chi connectivity index (χ2v) is 4.39. The first-order valence-corrected chi connectivity index (χ1v) is 6.05. The van der Waals surface area contributed by atoms with Crippen LogP contribution in [0.25, 0.3) is 0 Å². The van der Waals surface area contributed by atoms with Crippen LogP contribution < -0.4 is 5.43 Å². The van der Waals surface area contributed by atoms with Gasteiger partial charge >= 0.3 is 0 Å². The Morgan fingerprint density at radius 1 is 1.20 bits per heavy atom. The molecule has 5 nitrogen and oxygen atoms in total. The average molecular weight is 291 g/mol. The van der Waals surface area contributed by atoms with E-state index in [9.17, 15) is 15.0 Å². The van der Waals surface area contributed by atoms with E-state index in [0.29, 0.717) is 10.6 Å². The van der Waals surface area contributed by atoms with Crippen molar-refractivity contribution in [2.24, 2.45) is 5.10 Å². The summed E-state index contributed by atoms with van der Waals surface area (Å²) in [4.78, 5) is 11.7. The number of nitrogens with one attached hydrogen (secondary N) is 1. The molecule has 0 fully saturated rings. The lowest BCUT2D eigenvalue weighted by Gasteiger charge is -2.01. The fourth-order valence-corrected chi connectivity index (χ4v) is 1.69. The van der Waals surface area contributed by atoms with Gasteiger partial charge in [0.25, 0.3) is 5.91 Å². The summed E-state index contributed by atoms with van der Waals surface area (Å²) in [6, 6.07) is 10.4. The molecule has 0 aromatic heterocycles. The summed E-state index contributed by atoms with van der Waals surface area (Å²) < 4.78 is 0. The number of phenols is 2. The molecule has 20 heavy (non-hydrogen) atoms. The number of hydrazone groups is 1. The molecule has 6 heteroatoms. The van der Waals surface area contributed by atoms with E-state index in [2.05, 4.69) is 10.5 Å². The van der Waals surface area contributed by atoms with Gasteiger partial charge in [0.05, 0.1) is 6.21 Å². The van der Waals surface area contributed by atoms with E-state index in [-0.39, 0.29) is 17.1 Å². The van der Waals surface area contributed by atoms with E-state index in [0.717, 1.165) is 0 Å². The molecule has 102 valence electrons. The van der Waals surface area contributed by atoms with Gasteiger partial charge in [-0.3, -0.25) is 4.79 Å². The van der Waals surface area contributed by atoms with Crippen LogP contribution in [0.15, 0.2) is 47.6 Å². The van der Waals surface area contributed by atoms with Crippen molar-refractivity contribution in [3.8, 4) is 11.5 Å². The zero-order valence-electron chi connectivity index (χ0n) is 10.2. The van der Waals surface area contributed by atoms with Crippen molar-refractivity contribution in [1.82, 2.24) is 5.43 Å². The van der Waals surface area contributed by atoms with E-state index in [1.807, 2.05) is 0 Å². The molecule has 0 aliphatic heterocycles. The van der Waals surface area contributed by atoms with Crippen LogP contribution in [-0.4, -0.2) is 22.3 Å². The first kappa shape index (κ1) is 13.9. The first-order chi connectivity index (χ1) is 9.56. The molecule has 0 bridgehead atoms. The molecule has 0 heterocycles. The summed E-state index contributed by atoms with van der Waals surface area (Å²) in [5.74, 6) is -0.489. The number of benzene rings is 2. The summed E-state index contributed by atoms with van der Waals surface area (Å²) in [7, 11) is 0. The van der Waals surface area contributed by atoms with Crippen molar-refractivity contribution in [1.29, 1.82) is 0 Å². The molecule has 2 aromatic rings. The number of halogens is 1. The van der Waals surface area contributed by atoms with Gasteiger partial charge in [0, 0.05) is 16.1 Å². The molecule has 0 spiro atoms. The van der Waals surface area contributed by atoms with Gasteiger partial charge in [-0.2, -0.15) is 5.10 Å². The van der Waals surface area contributed by atoms with Gasteiger partial charge in [-0.25, -0.2) is 5.43 Å². The molecule has 1 amide bonds. The van der Waals surface area contributed by atoms with Gasteiger partial charge in [-0.05, 0) is 36.4 Å². The maximum Gasteiger partial charge on any atom is 0.271 e. The topological polar surface area (TPSA) is 81.9 Å². The van der Waals surface area contributed by atoms with Crippen molar-refractivity contribution in [2.45, 2.75) is 0 Å². The summed E-state index contributed by atoms with van der Waals surface area (Å²) >= 11 is 5.78. The van der Waals surface area contributed by atoms with E-state index in [1.165, 1.54) is 30.5 Å². The minimum absolute atomic E-state index is 0.00887. The number of carbonyl (C=O) groups is 1. The van der Waals surface area contributed by atoms with E-state index >= 15 is 0 Å². The molecule has 0 aliphatic rings. The highest BCUT2D eigenvalue weighted by Crippen LogP contribution is 2.20. The van der Waals surface area contributed by atoms with Gasteiger partial charge in [-0.15, -0.1) is 0 Å². The maximum atomic E-state index is 11.7. The average Bonchev–Trinajstić information content (AvgIpc) is 2.42. The van der Waals surface area contributed by atoms with Crippen molar-refractivity contribution < 1.29 is 15.0 Å². The summed E-state index contributed by atoms with van der Waals surface area (Å²) in [5.41, 5.74) is 2.96. The molecule has 0 atom stereocenters. The lowest BCUT2D eigenvalue weighted by Crippen LogP contribution is -2.17. The number of hydrogen-bond donors (Lipinski definition) is 3. The second kappa shape index (κ2) is 6.08. The fraction of sp³-hybridized carbons (Fsp3) is 0. The fourth-order valence-electron chi connectivity index (χ4n) is 1.50. The van der Waals surface area contributed by atoms with Crippen molar-refractivity contribution in [3.63, 3.8) is 0 Å². The van der Waals surface area contributed by atoms with Gasteiger partial charge in [0.1, 0.15) is 11.5 Å². The monoisotopic (exact) mass is 290 g/mol. The van der Waals surface area contributed by atoms with Crippen LogP contribution in [0.1, 0.15) is 15.9 Å². The van der Waals surface area contributed by atoms with Crippen molar-refractivity contribution >= 4 is 23.7 Å². The highest BCUT2D eigenvalue weighted by Gasteiger charge is 2.04. The predicted molar refractivity (Wildman–Crippen MR) is 76.3 cm³/mol. The number of amides is 1. The molecular weight excluding hydrogens is 280 g/mol. The zero-order valence-corrected chi connectivity index (χ0v) is 11.0. The number of hydrogen-bond acceptors (Lipinski definition) is 4. The Labute approximate surface area is 120 Å². The van der Waals surface area contributed by atoms with Crippen LogP contribution >= 0.6 is 11.6 Å². The third-order valence-corrected chi connectivity index (χ3v) is 2.70. The summed E-state index contributed by atoms with van der Waals surface area (Å²) in [6.45, 7) is 0. The van der Waals surface area contributed by atoms with Crippen LogP contribution in [0.3, 0.4) is 0 Å². The predicted octanol–water partition coefficient (Wildman–Crippen LogP) is 2.52. The molecule has 0 radical (unpaired) electrons. The van der Waals surface area contributed by atoms with Crippen LogP contribution in [-0.2, 0) is 0 Å². The number of aromatic hydroxyl groups is 2. The third-order valence-electron chi connectivity index (χ3n) is 2.47. The molecule has 0 unspecified atom stereocenters. The Morgan fingerprint density at radius 3 is 2.75 bits per heavy atom. The number of carbonyl (C=O) groups excluding carboxylic acids is 1. The second-order valence-electron chi connectivity index (χ2n) is 3.95. The highest BCUT2D eigenvalue weighted by molar-refractivity contribution is 6.30. The van der Waals surface area contributed by atoms with E-state index in [1.54, 1.807) is 18.2 Å². The molecule has 0 saturated heterocycles. The largest absolute Gasteiger partial charge is 0.508 e. The quantitative estimate of drug-likeness (QED) is 0.461. The Bertz CT molecular complexity index is 671. The van der Waals surface area contributed by atoms with Crippen LogP contribution in [0.4, 0.5) is 0 Å². The van der Waals surface area contributed by atoms with Crippen LogP contribution in [0, 0.1) is 0 Å². The van der Waals surface area contributed by atoms with Crippen molar-refractivity contribution in [2.75, 3.05) is 0 Å². The lowest BCUT2D eigenvalue weighted by molar-refractivity contribution is 0.0955. The number of rotatable bonds is 3. The smallest absolute Gasteiger partial charge is 0.271 e. The highest BCUT2D eigenvalue weighted by atomic mass is 35.5. The minimum Gasteiger partial charge on any atom is -0.508 e. The molecule has 2 rings (SSSR count). The Morgan fingerprint density at radius 2 is 2.00 bits per heavy atom. The molecular formula is C14H11ClN2O3. The SMILES string of the molecule is O=C(NN=Cc1cc(O)ccc1O)c1cccc(Cl)c1. The zero-order chi connectivity index (χ0) is 14.5. The molecule has 2 aromatic carbocycles. The molecule has 0 saturated carbocycles. The van der Waals surface area contributed by atoms with Crippen molar-refractivity contribution in [3.05, 3.63) is 58.6 Å². The Balaban J connectivity index is 2.06. The number of nitrogens with zero attached hydrogens (tertiary/aromatic N) is 1. The van der Waals surface area contributed by atoms with Gasteiger partial charge in [-0.1, -0.05) is 17.7 Å². The number of phenolic OH excluding ortho intramolecular Hbond substituents is 2. The minimum atomic E-state index is -0.427. The molecule has 3 N–H and O–H groups in total. The Kier molecular flexibility index (Phi) is 4.22. The third kappa shape index (κ3) is 3.49. The normalized spacial score (nSPS) is 10.7. The van der Waals surface area contributed by atoms with E-state index in [4.69, 9.17) is 11.6 Å². The van der Waals surface area contributed by atoms with E-state index < -0.39 is 5.91 Å². The first-order valence-electron chi connectivity index (χ1n) is 5.67. The maximum absolute atomic E-state index is 11.7. The van der Waals surface area contributed by atoms with Crippen LogP contribution in [0.5, 0.6) is 11.5 Å². The summed E-state index contributed by atoms with van der Waals surface area (Å²) in [5, 5.41) is 23.0. The summed E-state index contributed by atoms with van der Waals surface area (Å²) in [6.07, 6.45) is 1.23. The lowest BCUT2D eigenvalue weighted by atomic mass is 10.2. The van der Waals surface area contributed by atoms with Gasteiger partial charge < -0.3 is 10.2 Å². The molecule has 0 aliphatic carbocycles.